The van der Waals surface area contributed by atoms with Crippen LogP contribution in [0.4, 0.5) is 0 Å². The van der Waals surface area contributed by atoms with E-state index >= 15 is 0 Å². The Labute approximate surface area is 87.4 Å². The highest BCUT2D eigenvalue weighted by molar-refractivity contribution is 7.87. The van der Waals surface area contributed by atoms with Crippen LogP contribution in [-0.2, 0) is 10.1 Å². The third-order valence-electron chi connectivity index (χ3n) is 2.52. The van der Waals surface area contributed by atoms with E-state index in [0.717, 1.165) is 10.9 Å². The van der Waals surface area contributed by atoms with Gasteiger partial charge in [0.15, 0.2) is 5.75 Å². The molecule has 3 nitrogen and oxygen atoms in total. The molecule has 0 N–H and O–H groups in total. The molecular formula is C11H8O3S. The van der Waals surface area contributed by atoms with Gasteiger partial charge in [-0.1, -0.05) is 18.2 Å². The Bertz CT molecular complexity index is 672. The van der Waals surface area contributed by atoms with Gasteiger partial charge in [0.25, 0.3) is 0 Å². The summed E-state index contributed by atoms with van der Waals surface area (Å²) in [4.78, 5) is 0.273. The maximum Gasteiger partial charge on any atom is 0.340 e. The van der Waals surface area contributed by atoms with Crippen molar-refractivity contribution < 1.29 is 12.6 Å². The second-order valence-corrected chi connectivity index (χ2v) is 5.17. The van der Waals surface area contributed by atoms with Crippen molar-refractivity contribution in [3.05, 3.63) is 35.9 Å². The molecule has 3 rings (SSSR count). The van der Waals surface area contributed by atoms with Crippen LogP contribution in [0.2, 0.25) is 0 Å². The Morgan fingerprint density at radius 3 is 2.80 bits per heavy atom. The first-order valence-electron chi connectivity index (χ1n) is 4.56. The molecule has 0 aliphatic carbocycles. The van der Waals surface area contributed by atoms with Crippen LogP contribution in [0.1, 0.15) is 5.56 Å². The summed E-state index contributed by atoms with van der Waals surface area (Å²) in [5.41, 5.74) is 0.992. The van der Waals surface area contributed by atoms with E-state index in [1.807, 2.05) is 19.1 Å². The molecule has 0 radical (unpaired) electrons. The fourth-order valence-electron chi connectivity index (χ4n) is 1.94. The van der Waals surface area contributed by atoms with Crippen LogP contribution in [0.5, 0.6) is 5.75 Å². The number of aryl methyl sites for hydroxylation is 1. The van der Waals surface area contributed by atoms with Gasteiger partial charge in [0.2, 0.25) is 0 Å². The molecule has 1 aliphatic rings. The van der Waals surface area contributed by atoms with Gasteiger partial charge in [-0.15, -0.1) is 0 Å². The van der Waals surface area contributed by atoms with Crippen LogP contribution in [-0.4, -0.2) is 8.42 Å². The highest BCUT2D eigenvalue weighted by Crippen LogP contribution is 2.40. The van der Waals surface area contributed by atoms with Crippen molar-refractivity contribution in [2.75, 3.05) is 0 Å². The van der Waals surface area contributed by atoms with Crippen molar-refractivity contribution in [2.45, 2.75) is 11.8 Å². The molecule has 0 spiro atoms. The van der Waals surface area contributed by atoms with Crippen molar-refractivity contribution in [2.24, 2.45) is 0 Å². The number of benzene rings is 2. The molecule has 1 aliphatic heterocycles. The molecule has 0 unspecified atom stereocenters. The molecule has 76 valence electrons. The summed E-state index contributed by atoms with van der Waals surface area (Å²) in [5.74, 6) is 0.445. The zero-order valence-electron chi connectivity index (χ0n) is 8.02. The average molecular weight is 220 g/mol. The molecule has 1 heterocycles. The highest BCUT2D eigenvalue weighted by atomic mass is 32.2. The van der Waals surface area contributed by atoms with E-state index in [1.165, 1.54) is 0 Å². The summed E-state index contributed by atoms with van der Waals surface area (Å²) in [6.07, 6.45) is 0. The van der Waals surface area contributed by atoms with Gasteiger partial charge in [0.05, 0.1) is 0 Å². The number of rotatable bonds is 0. The molecular weight excluding hydrogens is 212 g/mol. The van der Waals surface area contributed by atoms with Gasteiger partial charge in [-0.2, -0.15) is 8.42 Å². The molecule has 4 heteroatoms. The van der Waals surface area contributed by atoms with E-state index in [9.17, 15) is 8.42 Å². The van der Waals surface area contributed by atoms with Gasteiger partial charge in [-0.05, 0) is 30.0 Å². The lowest BCUT2D eigenvalue weighted by molar-refractivity contribution is 0.498. The smallest absolute Gasteiger partial charge is 0.340 e. The average Bonchev–Trinajstić information content (AvgIpc) is 2.39. The van der Waals surface area contributed by atoms with Crippen LogP contribution in [0.3, 0.4) is 0 Å². The number of hydrogen-bond donors (Lipinski definition) is 0. The SMILES string of the molecule is Cc1cc2c3c(cccc3c1)S(=O)(=O)O2. The normalized spacial score (nSPS) is 16.6. The quantitative estimate of drug-likeness (QED) is 0.639. The summed E-state index contributed by atoms with van der Waals surface area (Å²) in [6.45, 7) is 1.91. The second-order valence-electron chi connectivity index (χ2n) is 3.65. The Morgan fingerprint density at radius 1 is 1.20 bits per heavy atom. The zero-order chi connectivity index (χ0) is 10.6. The maximum absolute atomic E-state index is 11.6. The lowest BCUT2D eigenvalue weighted by Gasteiger charge is -1.99. The predicted octanol–water partition coefficient (Wildman–Crippen LogP) is 2.23. The van der Waals surface area contributed by atoms with Crippen LogP contribution < -0.4 is 4.18 Å². The van der Waals surface area contributed by atoms with Gasteiger partial charge >= 0.3 is 10.1 Å². The summed E-state index contributed by atoms with van der Waals surface area (Å²) in [5, 5.41) is 1.60. The molecule has 0 fully saturated rings. The summed E-state index contributed by atoms with van der Waals surface area (Å²) in [7, 11) is -3.57. The first-order chi connectivity index (χ1) is 7.08. The van der Waals surface area contributed by atoms with Gasteiger partial charge in [-0.3, -0.25) is 0 Å². The van der Waals surface area contributed by atoms with E-state index in [0.29, 0.717) is 11.1 Å². The molecule has 0 bridgehead atoms. The first kappa shape index (κ1) is 8.73. The van der Waals surface area contributed by atoms with Crippen molar-refractivity contribution in [3.8, 4) is 5.75 Å². The fourth-order valence-corrected chi connectivity index (χ4v) is 3.11. The summed E-state index contributed by atoms with van der Waals surface area (Å²) >= 11 is 0. The van der Waals surface area contributed by atoms with Crippen LogP contribution in [0.25, 0.3) is 10.8 Å². The minimum absolute atomic E-state index is 0.273. The van der Waals surface area contributed by atoms with Gasteiger partial charge < -0.3 is 4.18 Å². The van der Waals surface area contributed by atoms with E-state index < -0.39 is 10.1 Å². The Hall–Kier alpha value is -1.55. The Kier molecular flexibility index (Phi) is 1.47. The minimum atomic E-state index is -3.57. The second kappa shape index (κ2) is 2.52. The van der Waals surface area contributed by atoms with E-state index in [2.05, 4.69) is 0 Å². The highest BCUT2D eigenvalue weighted by Gasteiger charge is 2.29. The lowest BCUT2D eigenvalue weighted by atomic mass is 10.1. The Morgan fingerprint density at radius 2 is 2.00 bits per heavy atom. The van der Waals surface area contributed by atoms with Crippen LogP contribution in [0, 0.1) is 6.92 Å². The van der Waals surface area contributed by atoms with Crippen molar-refractivity contribution in [1.29, 1.82) is 0 Å². The summed E-state index contributed by atoms with van der Waals surface area (Å²) in [6, 6.07) is 8.89. The van der Waals surface area contributed by atoms with Gasteiger partial charge in [-0.25, -0.2) is 0 Å². The lowest BCUT2D eigenvalue weighted by Crippen LogP contribution is -2.02. The van der Waals surface area contributed by atoms with Crippen molar-refractivity contribution >= 4 is 20.9 Å². The standard InChI is InChI=1S/C11H8O3S/c1-7-5-8-3-2-4-10-11(8)9(6-7)14-15(10,12)13/h2-6H,1H3. The maximum atomic E-state index is 11.6. The largest absolute Gasteiger partial charge is 0.378 e. The predicted molar refractivity (Wildman–Crippen MR) is 56.5 cm³/mol. The van der Waals surface area contributed by atoms with Gasteiger partial charge in [0.1, 0.15) is 4.90 Å². The summed E-state index contributed by atoms with van der Waals surface area (Å²) < 4.78 is 28.2. The molecule has 0 aromatic heterocycles. The first-order valence-corrected chi connectivity index (χ1v) is 5.97. The fraction of sp³-hybridized carbons (Fsp3) is 0.0909. The molecule has 15 heavy (non-hydrogen) atoms. The minimum Gasteiger partial charge on any atom is -0.378 e. The van der Waals surface area contributed by atoms with Crippen molar-refractivity contribution in [1.82, 2.24) is 0 Å². The molecule has 0 amide bonds. The van der Waals surface area contributed by atoms with E-state index in [4.69, 9.17) is 4.18 Å². The van der Waals surface area contributed by atoms with E-state index in [-0.39, 0.29) is 4.90 Å². The molecule has 2 aromatic rings. The van der Waals surface area contributed by atoms with Crippen LogP contribution in [0.15, 0.2) is 35.2 Å². The van der Waals surface area contributed by atoms with Crippen molar-refractivity contribution in [3.63, 3.8) is 0 Å². The topological polar surface area (TPSA) is 43.4 Å². The molecule has 0 atom stereocenters. The third kappa shape index (κ3) is 1.08. The third-order valence-corrected chi connectivity index (χ3v) is 3.79. The Balaban J connectivity index is 2.59. The molecule has 0 saturated heterocycles. The monoisotopic (exact) mass is 220 g/mol. The zero-order valence-corrected chi connectivity index (χ0v) is 8.84. The van der Waals surface area contributed by atoms with Crippen LogP contribution >= 0.6 is 0 Å². The molecule has 2 aromatic carbocycles. The number of hydrogen-bond acceptors (Lipinski definition) is 3. The molecule has 0 saturated carbocycles. The van der Waals surface area contributed by atoms with Gasteiger partial charge in [0, 0.05) is 5.39 Å². The van der Waals surface area contributed by atoms with E-state index in [1.54, 1.807) is 18.2 Å².